The predicted molar refractivity (Wildman–Crippen MR) is 169 cm³/mol. The highest BCUT2D eigenvalue weighted by Gasteiger charge is 2.34. The lowest BCUT2D eigenvalue weighted by molar-refractivity contribution is 0.160. The quantitative estimate of drug-likeness (QED) is 0.254. The third-order valence-corrected chi connectivity index (χ3v) is 10.2. The Balaban J connectivity index is 1.23. The number of aromatic hydroxyl groups is 1. The van der Waals surface area contributed by atoms with Crippen molar-refractivity contribution in [2.75, 3.05) is 44.2 Å². The third kappa shape index (κ3) is 5.28. The molecule has 43 heavy (non-hydrogen) atoms. The van der Waals surface area contributed by atoms with Gasteiger partial charge in [-0.3, -0.25) is 4.90 Å². The predicted octanol–water partition coefficient (Wildman–Crippen LogP) is 6.39. The average molecular weight is 602 g/mol. The van der Waals surface area contributed by atoms with Gasteiger partial charge in [0.25, 0.3) is 0 Å². The zero-order chi connectivity index (χ0) is 29.1. The summed E-state index contributed by atoms with van der Waals surface area (Å²) < 4.78 is 23.2. The van der Waals surface area contributed by atoms with E-state index in [0.29, 0.717) is 41.4 Å². The van der Waals surface area contributed by atoms with Gasteiger partial charge in [-0.2, -0.15) is 9.97 Å². The molecule has 2 bridgehead atoms. The summed E-state index contributed by atoms with van der Waals surface area (Å²) in [6.07, 6.45) is 7.10. The molecule has 4 heterocycles. The van der Waals surface area contributed by atoms with Gasteiger partial charge < -0.3 is 20.1 Å². The van der Waals surface area contributed by atoms with Crippen molar-refractivity contribution < 1.29 is 14.2 Å². The van der Waals surface area contributed by atoms with Crippen molar-refractivity contribution in [3.63, 3.8) is 0 Å². The van der Waals surface area contributed by atoms with Crippen LogP contribution in [0.3, 0.4) is 0 Å². The van der Waals surface area contributed by atoms with Gasteiger partial charge in [0, 0.05) is 42.7 Å². The Morgan fingerprint density at radius 1 is 1.05 bits per heavy atom. The van der Waals surface area contributed by atoms with Crippen molar-refractivity contribution in [1.82, 2.24) is 20.2 Å². The van der Waals surface area contributed by atoms with Crippen molar-refractivity contribution in [2.24, 2.45) is 11.8 Å². The van der Waals surface area contributed by atoms with Crippen LogP contribution in [0.4, 0.5) is 10.2 Å². The summed E-state index contributed by atoms with van der Waals surface area (Å²) in [5, 5.41) is 16.6. The number of aromatic nitrogens is 2. The summed E-state index contributed by atoms with van der Waals surface area (Å²) in [5.41, 5.74) is 0.941. The highest BCUT2D eigenvalue weighted by Crippen LogP contribution is 2.43. The molecular formula is C34H37ClFN5O2. The topological polar surface area (TPSA) is 73.8 Å². The Bertz CT molecular complexity index is 1700. The number of halogens is 2. The first-order valence-corrected chi connectivity index (χ1v) is 16.1. The second-order valence-electron chi connectivity index (χ2n) is 13.0. The van der Waals surface area contributed by atoms with Gasteiger partial charge in [-0.25, -0.2) is 4.39 Å². The second-order valence-corrected chi connectivity index (χ2v) is 13.4. The van der Waals surface area contributed by atoms with Crippen molar-refractivity contribution in [3.05, 3.63) is 53.3 Å². The van der Waals surface area contributed by atoms with E-state index in [1.165, 1.54) is 19.3 Å². The Hall–Kier alpha value is -3.20. The van der Waals surface area contributed by atoms with Crippen LogP contribution in [0.15, 0.2) is 42.5 Å². The van der Waals surface area contributed by atoms with Gasteiger partial charge in [-0.1, -0.05) is 35.9 Å². The highest BCUT2D eigenvalue weighted by molar-refractivity contribution is 6.35. The number of rotatable bonds is 7. The summed E-state index contributed by atoms with van der Waals surface area (Å²) >= 11 is 6.91. The number of phenolic OH excluding ortho intramolecular Hbond substituents is 1. The molecule has 224 valence electrons. The fourth-order valence-corrected chi connectivity index (χ4v) is 7.78. The number of fused-ring (bicyclic) bond motifs is 4. The highest BCUT2D eigenvalue weighted by atomic mass is 35.5. The van der Waals surface area contributed by atoms with Gasteiger partial charge in [0.15, 0.2) is 5.82 Å². The Morgan fingerprint density at radius 2 is 1.93 bits per heavy atom. The molecule has 0 amide bonds. The summed E-state index contributed by atoms with van der Waals surface area (Å²) in [4.78, 5) is 14.4. The lowest BCUT2D eigenvalue weighted by Crippen LogP contribution is -2.39. The van der Waals surface area contributed by atoms with Gasteiger partial charge in [-0.05, 0) is 98.0 Å². The van der Waals surface area contributed by atoms with Crippen LogP contribution in [-0.2, 0) is 0 Å². The molecule has 7 nitrogen and oxygen atoms in total. The number of nitrogens with zero attached hydrogens (tertiary/aromatic N) is 4. The van der Waals surface area contributed by atoms with E-state index in [4.69, 9.17) is 26.3 Å². The number of benzene rings is 3. The Kier molecular flexibility index (Phi) is 7.04. The number of ether oxygens (including phenoxy) is 1. The van der Waals surface area contributed by atoms with E-state index in [2.05, 4.69) is 15.1 Å². The molecule has 3 saturated heterocycles. The average Bonchev–Trinajstić information content (AvgIpc) is 3.58. The van der Waals surface area contributed by atoms with Crippen LogP contribution in [0, 0.1) is 17.7 Å². The van der Waals surface area contributed by atoms with Crippen molar-refractivity contribution in [1.29, 1.82) is 0 Å². The van der Waals surface area contributed by atoms with Gasteiger partial charge >= 0.3 is 6.01 Å². The minimum absolute atomic E-state index is 0.0519. The van der Waals surface area contributed by atoms with E-state index in [1.54, 1.807) is 18.2 Å². The Morgan fingerprint density at radius 3 is 2.81 bits per heavy atom. The molecule has 1 aromatic heterocycles. The molecule has 4 aromatic rings. The number of anilines is 1. The molecule has 0 spiro atoms. The van der Waals surface area contributed by atoms with Crippen LogP contribution in [0.1, 0.15) is 38.5 Å². The maximum absolute atomic E-state index is 16.8. The largest absolute Gasteiger partial charge is 0.508 e. The molecule has 0 radical (unpaired) electrons. The molecule has 4 aliphatic rings. The maximum Gasteiger partial charge on any atom is 0.319 e. The van der Waals surface area contributed by atoms with Crippen LogP contribution in [-0.4, -0.2) is 71.4 Å². The lowest BCUT2D eigenvalue weighted by Gasteiger charge is -2.28. The van der Waals surface area contributed by atoms with E-state index >= 15 is 4.39 Å². The van der Waals surface area contributed by atoms with Crippen LogP contribution in [0.2, 0.25) is 5.02 Å². The van der Waals surface area contributed by atoms with E-state index in [0.717, 1.165) is 68.7 Å². The van der Waals surface area contributed by atoms with E-state index < -0.39 is 5.82 Å². The number of likely N-dealkylation sites (tertiary alicyclic amines) is 1. The zero-order valence-corrected chi connectivity index (χ0v) is 25.0. The molecular weight excluding hydrogens is 565 g/mol. The smallest absolute Gasteiger partial charge is 0.319 e. The van der Waals surface area contributed by atoms with Crippen LogP contribution < -0.4 is 15.0 Å². The zero-order valence-electron chi connectivity index (χ0n) is 24.2. The number of phenols is 1. The Labute approximate surface area is 256 Å². The molecule has 3 aliphatic heterocycles. The van der Waals surface area contributed by atoms with Crippen LogP contribution >= 0.6 is 11.6 Å². The van der Waals surface area contributed by atoms with E-state index in [-0.39, 0.29) is 27.9 Å². The van der Waals surface area contributed by atoms with Gasteiger partial charge in [0.05, 0.1) is 5.02 Å². The normalized spacial score (nSPS) is 24.2. The summed E-state index contributed by atoms with van der Waals surface area (Å²) in [6.45, 7) is 5.41. The molecule has 1 saturated carbocycles. The van der Waals surface area contributed by atoms with Crippen molar-refractivity contribution in [2.45, 2.75) is 50.6 Å². The van der Waals surface area contributed by atoms with Crippen LogP contribution in [0.5, 0.6) is 11.8 Å². The van der Waals surface area contributed by atoms with Crippen molar-refractivity contribution >= 4 is 39.1 Å². The standard InChI is InChI=1S/C34H37ClFN5O2/c35-29-15-28-32(31(36)30(29)27-14-25(42)13-22-4-1-2-6-26(22)27)38-34(43-19-24-5-3-10-40(24)17-20-7-8-20)39-33(28)41-11-9-21-12-23(18-41)37-16-21/h1-2,4,6,13-15,20-21,23-24,37,42H,3,5,7-12,16-19H2/t21?,23?,24-/m0/s1. The first-order valence-electron chi connectivity index (χ1n) is 15.8. The SMILES string of the molecule is Oc1cc(-c2c(Cl)cc3c(N4CCC5CNC(C5)C4)nc(OC[C@@H]4CCCN4CC4CC4)nc3c2F)c2ccccc2c1. The number of hydrogen-bond donors (Lipinski definition) is 2. The molecule has 8 rings (SSSR count). The molecule has 4 fully saturated rings. The van der Waals surface area contributed by atoms with Crippen LogP contribution in [0.25, 0.3) is 32.8 Å². The van der Waals surface area contributed by atoms with Crippen molar-refractivity contribution in [3.8, 4) is 22.9 Å². The van der Waals surface area contributed by atoms with E-state index in [9.17, 15) is 5.11 Å². The fraction of sp³-hybridized carbons (Fsp3) is 0.471. The third-order valence-electron chi connectivity index (χ3n) is 9.91. The fourth-order valence-electron chi connectivity index (χ4n) is 7.49. The molecule has 3 aromatic carbocycles. The molecule has 3 atom stereocenters. The second kappa shape index (κ2) is 11.1. The molecule has 9 heteroatoms. The summed E-state index contributed by atoms with van der Waals surface area (Å²) in [6, 6.07) is 13.5. The van der Waals surface area contributed by atoms with Gasteiger partial charge in [-0.15, -0.1) is 0 Å². The monoisotopic (exact) mass is 601 g/mol. The minimum Gasteiger partial charge on any atom is -0.508 e. The maximum atomic E-state index is 16.8. The molecule has 1 aliphatic carbocycles. The van der Waals surface area contributed by atoms with E-state index in [1.807, 2.05) is 24.3 Å². The summed E-state index contributed by atoms with van der Waals surface area (Å²) in [7, 11) is 0. The molecule has 2 unspecified atom stereocenters. The minimum atomic E-state index is -0.530. The first-order chi connectivity index (χ1) is 21.0. The van der Waals surface area contributed by atoms with Gasteiger partial charge in [0.2, 0.25) is 0 Å². The number of nitrogens with one attached hydrogen (secondary N) is 1. The first kappa shape index (κ1) is 27.4. The summed E-state index contributed by atoms with van der Waals surface area (Å²) in [5.74, 6) is 1.66. The lowest BCUT2D eigenvalue weighted by atomic mass is 9.96. The van der Waals surface area contributed by atoms with Gasteiger partial charge in [0.1, 0.15) is 23.7 Å². The molecule has 2 N–H and O–H groups in total. The number of hydrogen-bond acceptors (Lipinski definition) is 7.